The highest BCUT2D eigenvalue weighted by Crippen LogP contribution is 2.31. The standard InChI is InChI=1S/C14H22N4O3/c1-9-11(8-18(2)17-9)7-16-14(21)15-6-10-4-3-5-12(10)13(19)20/h8,10,12H,3-7H2,1-2H3,(H,19,20)(H2,15,16,21). The second-order valence-corrected chi connectivity index (χ2v) is 5.61. The molecule has 2 amide bonds. The Hall–Kier alpha value is -2.05. The SMILES string of the molecule is Cc1nn(C)cc1CNC(=O)NCC1CCCC1C(=O)O. The summed E-state index contributed by atoms with van der Waals surface area (Å²) in [4.78, 5) is 22.8. The quantitative estimate of drug-likeness (QED) is 0.755. The minimum absolute atomic E-state index is 0.0355. The number of carbonyl (C=O) groups excluding carboxylic acids is 1. The van der Waals surface area contributed by atoms with E-state index in [1.165, 1.54) is 0 Å². The average molecular weight is 294 g/mol. The lowest BCUT2D eigenvalue weighted by atomic mass is 9.96. The first-order valence-electron chi connectivity index (χ1n) is 7.21. The molecule has 7 nitrogen and oxygen atoms in total. The molecule has 1 heterocycles. The summed E-state index contributed by atoms with van der Waals surface area (Å²) in [5.41, 5.74) is 1.86. The molecular weight excluding hydrogens is 272 g/mol. The number of carbonyl (C=O) groups is 2. The summed E-state index contributed by atoms with van der Waals surface area (Å²) in [5.74, 6) is -1.05. The van der Waals surface area contributed by atoms with Crippen molar-refractivity contribution in [2.24, 2.45) is 18.9 Å². The van der Waals surface area contributed by atoms with Crippen molar-refractivity contribution >= 4 is 12.0 Å². The minimum atomic E-state index is -0.759. The molecule has 2 unspecified atom stereocenters. The third-order valence-corrected chi connectivity index (χ3v) is 4.06. The number of urea groups is 1. The van der Waals surface area contributed by atoms with Gasteiger partial charge in [-0.2, -0.15) is 5.10 Å². The van der Waals surface area contributed by atoms with Crippen LogP contribution in [0, 0.1) is 18.8 Å². The van der Waals surface area contributed by atoms with Gasteiger partial charge >= 0.3 is 12.0 Å². The van der Waals surface area contributed by atoms with Crippen molar-refractivity contribution < 1.29 is 14.7 Å². The molecule has 0 radical (unpaired) electrons. The molecule has 7 heteroatoms. The van der Waals surface area contributed by atoms with Gasteiger partial charge in [0.1, 0.15) is 0 Å². The van der Waals surface area contributed by atoms with E-state index in [4.69, 9.17) is 5.11 Å². The van der Waals surface area contributed by atoms with Gasteiger partial charge < -0.3 is 15.7 Å². The van der Waals surface area contributed by atoms with E-state index in [2.05, 4.69) is 15.7 Å². The summed E-state index contributed by atoms with van der Waals surface area (Å²) in [6.45, 7) is 2.72. The summed E-state index contributed by atoms with van der Waals surface area (Å²) in [6.07, 6.45) is 4.35. The van der Waals surface area contributed by atoms with Crippen LogP contribution in [0.25, 0.3) is 0 Å². The number of rotatable bonds is 5. The van der Waals surface area contributed by atoms with Crippen LogP contribution in [0.3, 0.4) is 0 Å². The highest BCUT2D eigenvalue weighted by Gasteiger charge is 2.32. The van der Waals surface area contributed by atoms with Crippen molar-refractivity contribution in [3.8, 4) is 0 Å². The summed E-state index contributed by atoms with van der Waals surface area (Å²) < 4.78 is 1.71. The Morgan fingerprint density at radius 2 is 2.19 bits per heavy atom. The number of hydrogen-bond donors (Lipinski definition) is 3. The monoisotopic (exact) mass is 294 g/mol. The predicted octanol–water partition coefficient (Wildman–Crippen LogP) is 1.03. The van der Waals surface area contributed by atoms with Crippen LogP contribution < -0.4 is 10.6 Å². The van der Waals surface area contributed by atoms with Gasteiger partial charge in [-0.3, -0.25) is 9.48 Å². The summed E-state index contributed by atoms with van der Waals surface area (Å²) in [6, 6.07) is -0.269. The molecule has 0 aromatic carbocycles. The minimum Gasteiger partial charge on any atom is -0.481 e. The highest BCUT2D eigenvalue weighted by molar-refractivity contribution is 5.74. The van der Waals surface area contributed by atoms with E-state index < -0.39 is 5.97 Å². The number of nitrogens with one attached hydrogen (secondary N) is 2. The van der Waals surface area contributed by atoms with Gasteiger partial charge in [0.05, 0.1) is 11.6 Å². The number of aryl methyl sites for hydroxylation is 2. The van der Waals surface area contributed by atoms with Crippen molar-refractivity contribution in [2.45, 2.75) is 32.7 Å². The molecular formula is C14H22N4O3. The molecule has 0 aliphatic heterocycles. The Balaban J connectivity index is 1.75. The molecule has 21 heavy (non-hydrogen) atoms. The Bertz CT molecular complexity index is 526. The molecule has 2 atom stereocenters. The molecule has 0 saturated heterocycles. The van der Waals surface area contributed by atoms with Gasteiger partial charge in [0, 0.05) is 31.9 Å². The largest absolute Gasteiger partial charge is 0.481 e. The van der Waals surface area contributed by atoms with Gasteiger partial charge in [-0.1, -0.05) is 6.42 Å². The molecule has 1 aromatic heterocycles. The molecule has 1 aliphatic carbocycles. The first-order chi connectivity index (χ1) is 9.97. The molecule has 1 aliphatic rings. The highest BCUT2D eigenvalue weighted by atomic mass is 16.4. The van der Waals surface area contributed by atoms with Crippen LogP contribution in [0.4, 0.5) is 4.79 Å². The van der Waals surface area contributed by atoms with Crippen molar-refractivity contribution in [1.29, 1.82) is 0 Å². The second-order valence-electron chi connectivity index (χ2n) is 5.61. The van der Waals surface area contributed by atoms with Gasteiger partial charge in [0.25, 0.3) is 0 Å². The van der Waals surface area contributed by atoms with Crippen LogP contribution in [0.1, 0.15) is 30.5 Å². The molecule has 1 saturated carbocycles. The van der Waals surface area contributed by atoms with Crippen LogP contribution in [-0.2, 0) is 18.4 Å². The fourth-order valence-corrected chi connectivity index (χ4v) is 2.89. The molecule has 3 N–H and O–H groups in total. The van der Waals surface area contributed by atoms with Gasteiger partial charge in [-0.05, 0) is 25.7 Å². The maximum absolute atomic E-state index is 11.8. The fourth-order valence-electron chi connectivity index (χ4n) is 2.89. The van der Waals surface area contributed by atoms with Crippen LogP contribution in [-0.4, -0.2) is 33.4 Å². The molecule has 1 aromatic rings. The molecule has 0 spiro atoms. The topological polar surface area (TPSA) is 96.3 Å². The van der Waals surface area contributed by atoms with Crippen LogP contribution in [0.2, 0.25) is 0 Å². The van der Waals surface area contributed by atoms with E-state index in [-0.39, 0.29) is 17.9 Å². The van der Waals surface area contributed by atoms with E-state index >= 15 is 0 Å². The fraction of sp³-hybridized carbons (Fsp3) is 0.643. The number of aromatic nitrogens is 2. The maximum atomic E-state index is 11.8. The first kappa shape index (κ1) is 15.3. The molecule has 116 valence electrons. The van der Waals surface area contributed by atoms with Gasteiger partial charge in [-0.15, -0.1) is 0 Å². The number of nitrogens with zero attached hydrogens (tertiary/aromatic N) is 2. The van der Waals surface area contributed by atoms with Gasteiger partial charge in [-0.25, -0.2) is 4.79 Å². The maximum Gasteiger partial charge on any atom is 0.315 e. The number of aliphatic carboxylic acids is 1. The number of carboxylic acid groups (broad SMARTS) is 1. The van der Waals surface area contributed by atoms with Crippen molar-refractivity contribution in [2.75, 3.05) is 6.54 Å². The Morgan fingerprint density at radius 1 is 1.43 bits per heavy atom. The van der Waals surface area contributed by atoms with E-state index in [1.54, 1.807) is 4.68 Å². The van der Waals surface area contributed by atoms with E-state index in [1.807, 2.05) is 20.2 Å². The zero-order chi connectivity index (χ0) is 15.4. The predicted molar refractivity (Wildman–Crippen MR) is 76.7 cm³/mol. The Morgan fingerprint density at radius 3 is 2.81 bits per heavy atom. The zero-order valence-corrected chi connectivity index (χ0v) is 12.4. The van der Waals surface area contributed by atoms with E-state index in [0.29, 0.717) is 19.5 Å². The lowest BCUT2D eigenvalue weighted by molar-refractivity contribution is -0.142. The molecule has 0 bridgehead atoms. The summed E-state index contributed by atoms with van der Waals surface area (Å²) in [5, 5.41) is 18.8. The van der Waals surface area contributed by atoms with Crippen molar-refractivity contribution in [3.05, 3.63) is 17.5 Å². The smallest absolute Gasteiger partial charge is 0.315 e. The van der Waals surface area contributed by atoms with Crippen molar-refractivity contribution in [3.63, 3.8) is 0 Å². The normalized spacial score (nSPS) is 21.2. The molecule has 1 fully saturated rings. The van der Waals surface area contributed by atoms with Gasteiger partial charge in [0.2, 0.25) is 0 Å². The Kier molecular flexibility index (Phi) is 4.82. The lowest BCUT2D eigenvalue weighted by Crippen LogP contribution is -2.39. The van der Waals surface area contributed by atoms with Crippen LogP contribution in [0.15, 0.2) is 6.20 Å². The summed E-state index contributed by atoms with van der Waals surface area (Å²) in [7, 11) is 1.84. The summed E-state index contributed by atoms with van der Waals surface area (Å²) >= 11 is 0. The average Bonchev–Trinajstić information content (AvgIpc) is 3.00. The van der Waals surface area contributed by atoms with E-state index in [9.17, 15) is 9.59 Å². The first-order valence-corrected chi connectivity index (χ1v) is 7.21. The Labute approximate surface area is 123 Å². The van der Waals surface area contributed by atoms with Crippen LogP contribution in [0.5, 0.6) is 0 Å². The number of amides is 2. The third-order valence-electron chi connectivity index (χ3n) is 4.06. The second kappa shape index (κ2) is 6.60. The third kappa shape index (κ3) is 3.96. The van der Waals surface area contributed by atoms with E-state index in [0.717, 1.165) is 24.1 Å². The van der Waals surface area contributed by atoms with Crippen LogP contribution >= 0.6 is 0 Å². The number of carboxylic acids is 1. The van der Waals surface area contributed by atoms with Crippen molar-refractivity contribution in [1.82, 2.24) is 20.4 Å². The molecule has 2 rings (SSSR count). The number of hydrogen-bond acceptors (Lipinski definition) is 3. The zero-order valence-electron chi connectivity index (χ0n) is 12.4. The lowest BCUT2D eigenvalue weighted by Gasteiger charge is -2.16. The van der Waals surface area contributed by atoms with Gasteiger partial charge in [0.15, 0.2) is 0 Å².